The number of carbonyl (C=O) groups excluding carboxylic acids is 2. The maximum Gasteiger partial charge on any atom is 0.268 e. The molecule has 0 spiro atoms. The number of ketones is 1. The van der Waals surface area contributed by atoms with Gasteiger partial charge in [-0.1, -0.05) is 0 Å². The number of amides is 1. The van der Waals surface area contributed by atoms with E-state index in [0.717, 1.165) is 19.3 Å². The fourth-order valence-corrected chi connectivity index (χ4v) is 2.60. The first kappa shape index (κ1) is 13.8. The SMILES string of the molecule is CC(=O)c1c(C)[nH]c(C(=O)NCC2(O)CCC2)c1C. The Labute approximate surface area is 112 Å². The number of carbonyl (C=O) groups is 2. The number of Topliss-reactive ketones (excluding diaryl/α,β-unsaturated/α-hetero) is 1. The average molecular weight is 264 g/mol. The molecule has 0 saturated heterocycles. The van der Waals surface area contributed by atoms with Crippen LogP contribution in [-0.2, 0) is 0 Å². The molecule has 0 aromatic carbocycles. The molecule has 0 radical (unpaired) electrons. The number of aliphatic hydroxyl groups is 1. The van der Waals surface area contributed by atoms with Gasteiger partial charge in [-0.2, -0.15) is 0 Å². The van der Waals surface area contributed by atoms with Gasteiger partial charge in [-0.25, -0.2) is 0 Å². The summed E-state index contributed by atoms with van der Waals surface area (Å²) in [6.45, 7) is 5.29. The van der Waals surface area contributed by atoms with Crippen molar-refractivity contribution in [1.29, 1.82) is 0 Å². The molecule has 1 aromatic heterocycles. The predicted molar refractivity (Wildman–Crippen MR) is 71.4 cm³/mol. The summed E-state index contributed by atoms with van der Waals surface area (Å²) < 4.78 is 0. The van der Waals surface area contributed by atoms with Crippen LogP contribution in [0.25, 0.3) is 0 Å². The van der Waals surface area contributed by atoms with E-state index in [2.05, 4.69) is 10.3 Å². The van der Waals surface area contributed by atoms with Gasteiger partial charge in [-0.3, -0.25) is 9.59 Å². The smallest absolute Gasteiger partial charge is 0.268 e. The topological polar surface area (TPSA) is 82.2 Å². The molecule has 0 aliphatic heterocycles. The molecule has 104 valence electrons. The third-order valence-electron chi connectivity index (χ3n) is 3.88. The van der Waals surface area contributed by atoms with Crippen LogP contribution in [0.1, 0.15) is 58.3 Å². The first-order valence-electron chi connectivity index (χ1n) is 6.55. The van der Waals surface area contributed by atoms with Crippen LogP contribution in [0.5, 0.6) is 0 Å². The third-order valence-corrected chi connectivity index (χ3v) is 3.88. The second-order valence-corrected chi connectivity index (χ2v) is 5.44. The van der Waals surface area contributed by atoms with Crippen LogP contribution in [0.4, 0.5) is 0 Å². The highest BCUT2D eigenvalue weighted by atomic mass is 16.3. The molecule has 1 aliphatic carbocycles. The van der Waals surface area contributed by atoms with Crippen molar-refractivity contribution >= 4 is 11.7 Å². The minimum atomic E-state index is -0.741. The maximum absolute atomic E-state index is 12.1. The zero-order chi connectivity index (χ0) is 14.2. The Balaban J connectivity index is 2.11. The van der Waals surface area contributed by atoms with Gasteiger partial charge in [0.1, 0.15) is 5.69 Å². The summed E-state index contributed by atoms with van der Waals surface area (Å²) in [6, 6.07) is 0. The number of aromatic amines is 1. The van der Waals surface area contributed by atoms with Crippen molar-refractivity contribution in [2.45, 2.75) is 45.6 Å². The largest absolute Gasteiger partial charge is 0.388 e. The Morgan fingerprint density at radius 3 is 2.42 bits per heavy atom. The number of hydrogen-bond donors (Lipinski definition) is 3. The van der Waals surface area contributed by atoms with Crippen LogP contribution >= 0.6 is 0 Å². The summed E-state index contributed by atoms with van der Waals surface area (Å²) in [5.74, 6) is -0.323. The van der Waals surface area contributed by atoms with E-state index < -0.39 is 5.60 Å². The molecule has 0 bridgehead atoms. The van der Waals surface area contributed by atoms with Crippen LogP contribution in [0, 0.1) is 13.8 Å². The lowest BCUT2D eigenvalue weighted by Crippen LogP contribution is -2.47. The molecule has 1 aromatic rings. The van der Waals surface area contributed by atoms with E-state index in [-0.39, 0.29) is 18.2 Å². The Hall–Kier alpha value is -1.62. The normalized spacial score (nSPS) is 16.8. The summed E-state index contributed by atoms with van der Waals surface area (Å²) in [6.07, 6.45) is 2.46. The van der Waals surface area contributed by atoms with Crippen LogP contribution in [-0.4, -0.2) is 33.9 Å². The fraction of sp³-hybridized carbons (Fsp3) is 0.571. The molecule has 5 nitrogen and oxygen atoms in total. The molecule has 1 amide bonds. The minimum absolute atomic E-state index is 0.0529. The standard InChI is InChI=1S/C14H20N2O3/c1-8-11(10(3)17)9(2)16-12(8)13(18)15-7-14(19)5-4-6-14/h16,19H,4-7H2,1-3H3,(H,15,18). The second kappa shape index (κ2) is 4.81. The molecular weight excluding hydrogens is 244 g/mol. The number of rotatable bonds is 4. The number of nitrogens with one attached hydrogen (secondary N) is 2. The highest BCUT2D eigenvalue weighted by Crippen LogP contribution is 2.30. The van der Waals surface area contributed by atoms with E-state index in [0.29, 0.717) is 22.5 Å². The molecular formula is C14H20N2O3. The van der Waals surface area contributed by atoms with Crippen LogP contribution in [0.2, 0.25) is 0 Å². The lowest BCUT2D eigenvalue weighted by molar-refractivity contribution is -0.0300. The molecule has 19 heavy (non-hydrogen) atoms. The van der Waals surface area contributed by atoms with Crippen molar-refractivity contribution < 1.29 is 14.7 Å². The summed E-state index contributed by atoms with van der Waals surface area (Å²) >= 11 is 0. The van der Waals surface area contributed by atoms with Crippen LogP contribution in [0.3, 0.4) is 0 Å². The number of H-pyrrole nitrogens is 1. The monoisotopic (exact) mass is 264 g/mol. The molecule has 1 fully saturated rings. The first-order valence-corrected chi connectivity index (χ1v) is 6.55. The Kier molecular flexibility index (Phi) is 3.49. The summed E-state index contributed by atoms with van der Waals surface area (Å²) in [4.78, 5) is 26.5. The van der Waals surface area contributed by atoms with Crippen LogP contribution < -0.4 is 5.32 Å². The molecule has 0 atom stereocenters. The maximum atomic E-state index is 12.1. The highest BCUT2D eigenvalue weighted by molar-refractivity contribution is 6.02. The molecule has 5 heteroatoms. The van der Waals surface area contributed by atoms with Crippen molar-refractivity contribution in [2.75, 3.05) is 6.54 Å². The Bertz CT molecular complexity index is 527. The van der Waals surface area contributed by atoms with E-state index in [1.165, 1.54) is 6.92 Å². The summed E-state index contributed by atoms with van der Waals surface area (Å²) in [5, 5.41) is 12.7. The summed E-state index contributed by atoms with van der Waals surface area (Å²) in [7, 11) is 0. The van der Waals surface area contributed by atoms with Crippen molar-refractivity contribution in [3.63, 3.8) is 0 Å². The average Bonchev–Trinajstić information content (AvgIpc) is 2.59. The predicted octanol–water partition coefficient (Wildman–Crippen LogP) is 1.48. The van der Waals surface area contributed by atoms with Gasteiger partial charge in [-0.15, -0.1) is 0 Å². The van der Waals surface area contributed by atoms with Gasteiger partial charge in [-0.05, 0) is 45.6 Å². The molecule has 3 N–H and O–H groups in total. The zero-order valence-electron chi connectivity index (χ0n) is 11.6. The van der Waals surface area contributed by atoms with E-state index in [1.54, 1.807) is 13.8 Å². The van der Waals surface area contributed by atoms with Crippen molar-refractivity contribution in [3.8, 4) is 0 Å². The van der Waals surface area contributed by atoms with E-state index in [1.807, 2.05) is 0 Å². The highest BCUT2D eigenvalue weighted by Gasteiger charge is 2.34. The molecule has 0 unspecified atom stereocenters. The Morgan fingerprint density at radius 2 is 2.00 bits per heavy atom. The number of aryl methyl sites for hydroxylation is 1. The van der Waals surface area contributed by atoms with Gasteiger partial charge in [0.25, 0.3) is 5.91 Å². The molecule has 1 heterocycles. The molecule has 1 saturated carbocycles. The van der Waals surface area contributed by atoms with E-state index in [9.17, 15) is 14.7 Å². The van der Waals surface area contributed by atoms with Gasteiger partial charge in [0.2, 0.25) is 0 Å². The summed E-state index contributed by atoms with van der Waals surface area (Å²) in [5.41, 5.74) is 1.62. The number of aromatic nitrogens is 1. The Morgan fingerprint density at radius 1 is 1.37 bits per heavy atom. The quantitative estimate of drug-likeness (QED) is 0.720. The van der Waals surface area contributed by atoms with E-state index in [4.69, 9.17) is 0 Å². The third kappa shape index (κ3) is 2.56. The van der Waals surface area contributed by atoms with Crippen molar-refractivity contribution in [3.05, 3.63) is 22.5 Å². The van der Waals surface area contributed by atoms with Gasteiger partial charge in [0.05, 0.1) is 5.60 Å². The minimum Gasteiger partial charge on any atom is -0.388 e. The fourth-order valence-electron chi connectivity index (χ4n) is 2.60. The van der Waals surface area contributed by atoms with Gasteiger partial charge < -0.3 is 15.4 Å². The van der Waals surface area contributed by atoms with Crippen molar-refractivity contribution in [1.82, 2.24) is 10.3 Å². The van der Waals surface area contributed by atoms with Gasteiger partial charge in [0.15, 0.2) is 5.78 Å². The van der Waals surface area contributed by atoms with Crippen LogP contribution in [0.15, 0.2) is 0 Å². The lowest BCUT2D eigenvalue weighted by Gasteiger charge is -2.36. The van der Waals surface area contributed by atoms with Gasteiger partial charge in [0, 0.05) is 17.8 Å². The van der Waals surface area contributed by atoms with Crippen molar-refractivity contribution in [2.24, 2.45) is 0 Å². The first-order chi connectivity index (χ1) is 8.84. The van der Waals surface area contributed by atoms with E-state index >= 15 is 0 Å². The molecule has 1 aliphatic rings. The molecule has 2 rings (SSSR count). The van der Waals surface area contributed by atoms with Gasteiger partial charge >= 0.3 is 0 Å². The lowest BCUT2D eigenvalue weighted by atomic mass is 9.80. The number of hydrogen-bond acceptors (Lipinski definition) is 3. The zero-order valence-corrected chi connectivity index (χ0v) is 11.6. The second-order valence-electron chi connectivity index (χ2n) is 5.44.